The molecule has 2 unspecified atom stereocenters. The summed E-state index contributed by atoms with van der Waals surface area (Å²) in [4.78, 5) is 33.0. The number of aliphatic carboxylic acids is 1. The van der Waals surface area contributed by atoms with Crippen molar-refractivity contribution in [3.05, 3.63) is 34.4 Å². The summed E-state index contributed by atoms with van der Waals surface area (Å²) in [6.07, 6.45) is 5.13. The van der Waals surface area contributed by atoms with E-state index in [0.29, 0.717) is 0 Å². The Hall–Kier alpha value is -2.25. The van der Waals surface area contributed by atoms with Crippen LogP contribution in [0.2, 0.25) is 0 Å². The lowest BCUT2D eigenvalue weighted by Gasteiger charge is -2.32. The van der Waals surface area contributed by atoms with Crippen molar-refractivity contribution < 1.29 is 28.7 Å². The van der Waals surface area contributed by atoms with Crippen LogP contribution in [0, 0.1) is 22.0 Å². The Morgan fingerprint density at radius 2 is 2.19 bits per heavy atom. The van der Waals surface area contributed by atoms with Crippen molar-refractivity contribution in [1.29, 1.82) is 0 Å². The molecule has 0 aromatic rings. The molecule has 1 aliphatic rings. The summed E-state index contributed by atoms with van der Waals surface area (Å²) in [5, 5.41) is 19.9. The zero-order chi connectivity index (χ0) is 16.0. The number of carbonyl (C=O) groups excluding carboxylic acids is 1. The number of hydrogen-bond acceptors (Lipinski definition) is 5. The fourth-order valence-corrected chi connectivity index (χ4v) is 2.25. The molecule has 8 heteroatoms. The summed E-state index contributed by atoms with van der Waals surface area (Å²) in [6.45, 7) is 0.390. The van der Waals surface area contributed by atoms with E-state index in [2.05, 4.69) is 4.74 Å². The van der Waals surface area contributed by atoms with Crippen molar-refractivity contribution in [2.75, 3.05) is 13.2 Å². The van der Waals surface area contributed by atoms with Crippen molar-refractivity contribution in [2.45, 2.75) is 19.0 Å². The second-order valence-electron chi connectivity index (χ2n) is 4.61. The number of halogens is 1. The maximum absolute atomic E-state index is 14.9. The van der Waals surface area contributed by atoms with E-state index in [1.165, 1.54) is 19.1 Å². The number of ether oxygens (including phenoxy) is 1. The number of nitro groups is 1. The number of rotatable bonds is 7. The standard InChI is InChI=1S/C13H16FNO6/c1-2-21-12(18)10(11(16)17)9(8-15(19)20)13(14)6-4-3-5-7-13/h3-6,9-10H,2,7-8H2,1H3,(H,16,17)/t9?,10-,13?/m0/s1. The van der Waals surface area contributed by atoms with Gasteiger partial charge in [-0.1, -0.05) is 18.2 Å². The number of esters is 1. The molecule has 1 rings (SSSR count). The maximum Gasteiger partial charge on any atom is 0.321 e. The molecule has 116 valence electrons. The molecule has 0 saturated heterocycles. The summed E-state index contributed by atoms with van der Waals surface area (Å²) in [5.74, 6) is -6.39. The minimum absolute atomic E-state index is 0.0944. The molecular weight excluding hydrogens is 285 g/mol. The molecule has 0 spiro atoms. The number of nitrogens with zero attached hydrogens (tertiary/aromatic N) is 1. The van der Waals surface area contributed by atoms with E-state index in [0.717, 1.165) is 6.08 Å². The molecule has 0 amide bonds. The highest BCUT2D eigenvalue weighted by molar-refractivity contribution is 5.94. The number of carbonyl (C=O) groups is 2. The summed E-state index contributed by atoms with van der Waals surface area (Å²) in [6, 6.07) is 0. The van der Waals surface area contributed by atoms with Crippen molar-refractivity contribution >= 4 is 11.9 Å². The highest BCUT2D eigenvalue weighted by Gasteiger charge is 2.51. The number of allylic oxidation sites excluding steroid dienone is 4. The van der Waals surface area contributed by atoms with Gasteiger partial charge in [-0.3, -0.25) is 19.7 Å². The minimum Gasteiger partial charge on any atom is -0.481 e. The van der Waals surface area contributed by atoms with Crippen LogP contribution in [0.5, 0.6) is 0 Å². The summed E-state index contributed by atoms with van der Waals surface area (Å²) >= 11 is 0. The van der Waals surface area contributed by atoms with E-state index in [1.54, 1.807) is 6.08 Å². The topological polar surface area (TPSA) is 107 Å². The Morgan fingerprint density at radius 3 is 2.62 bits per heavy atom. The van der Waals surface area contributed by atoms with Gasteiger partial charge < -0.3 is 9.84 Å². The van der Waals surface area contributed by atoms with Crippen LogP contribution in [0.15, 0.2) is 24.3 Å². The van der Waals surface area contributed by atoms with Gasteiger partial charge in [0.15, 0.2) is 5.92 Å². The van der Waals surface area contributed by atoms with Gasteiger partial charge in [-0.15, -0.1) is 0 Å². The summed E-state index contributed by atoms with van der Waals surface area (Å²) in [7, 11) is 0. The Balaban J connectivity index is 3.17. The second kappa shape index (κ2) is 6.96. The van der Waals surface area contributed by atoms with Gasteiger partial charge in [-0.2, -0.15) is 0 Å². The smallest absolute Gasteiger partial charge is 0.321 e. The van der Waals surface area contributed by atoms with Gasteiger partial charge in [0.05, 0.1) is 12.5 Å². The molecule has 0 aromatic carbocycles. The highest BCUT2D eigenvalue weighted by Crippen LogP contribution is 2.37. The SMILES string of the molecule is CCOC(=O)[C@H](C(=O)O)C(C[N+](=O)[O-])C1(F)C=CC=CC1. The van der Waals surface area contributed by atoms with Crippen LogP contribution in [0.25, 0.3) is 0 Å². The van der Waals surface area contributed by atoms with Crippen LogP contribution in [-0.4, -0.2) is 40.8 Å². The molecule has 0 radical (unpaired) electrons. The normalized spacial score (nSPS) is 23.3. The van der Waals surface area contributed by atoms with E-state index < -0.39 is 40.9 Å². The average molecular weight is 301 g/mol. The number of hydrogen-bond donors (Lipinski definition) is 1. The van der Waals surface area contributed by atoms with Gasteiger partial charge in [0.25, 0.3) is 0 Å². The largest absolute Gasteiger partial charge is 0.481 e. The Kier molecular flexibility index (Phi) is 5.57. The monoisotopic (exact) mass is 301 g/mol. The molecular formula is C13H16FNO6. The first-order valence-electron chi connectivity index (χ1n) is 6.36. The molecule has 1 aliphatic carbocycles. The minimum atomic E-state index is -2.28. The Labute approximate surface area is 120 Å². The molecule has 0 aromatic heterocycles. The van der Waals surface area contributed by atoms with Crippen LogP contribution >= 0.6 is 0 Å². The zero-order valence-electron chi connectivity index (χ0n) is 11.4. The molecule has 0 aliphatic heterocycles. The van der Waals surface area contributed by atoms with Crippen molar-refractivity contribution in [2.24, 2.45) is 11.8 Å². The van der Waals surface area contributed by atoms with Crippen LogP contribution in [0.4, 0.5) is 4.39 Å². The second-order valence-corrected chi connectivity index (χ2v) is 4.61. The maximum atomic E-state index is 14.9. The molecule has 0 heterocycles. The molecule has 0 fully saturated rings. The average Bonchev–Trinajstić information content (AvgIpc) is 2.38. The third-order valence-electron chi connectivity index (χ3n) is 3.22. The van der Waals surface area contributed by atoms with Gasteiger partial charge in [-0.05, 0) is 13.0 Å². The molecule has 1 N–H and O–H groups in total. The van der Waals surface area contributed by atoms with Gasteiger partial charge in [0.1, 0.15) is 5.67 Å². The fourth-order valence-electron chi connectivity index (χ4n) is 2.25. The predicted octanol–water partition coefficient (Wildman–Crippen LogP) is 1.37. The lowest BCUT2D eigenvalue weighted by atomic mass is 9.76. The van der Waals surface area contributed by atoms with E-state index in [1.807, 2.05) is 0 Å². The first-order valence-corrected chi connectivity index (χ1v) is 6.36. The molecule has 0 bridgehead atoms. The lowest BCUT2D eigenvalue weighted by Crippen LogP contribution is -2.47. The Bertz CT molecular complexity index is 489. The quantitative estimate of drug-likeness (QED) is 0.329. The number of alkyl halides is 1. The van der Waals surface area contributed by atoms with Gasteiger partial charge in [0.2, 0.25) is 6.54 Å². The van der Waals surface area contributed by atoms with Gasteiger partial charge in [-0.25, -0.2) is 4.39 Å². The van der Waals surface area contributed by atoms with Crippen LogP contribution < -0.4 is 0 Å². The molecule has 0 saturated carbocycles. The van der Waals surface area contributed by atoms with E-state index in [9.17, 15) is 24.1 Å². The Morgan fingerprint density at radius 1 is 1.52 bits per heavy atom. The zero-order valence-corrected chi connectivity index (χ0v) is 11.4. The first kappa shape index (κ1) is 16.8. The van der Waals surface area contributed by atoms with Gasteiger partial charge in [0, 0.05) is 11.3 Å². The van der Waals surface area contributed by atoms with Gasteiger partial charge >= 0.3 is 11.9 Å². The third-order valence-corrected chi connectivity index (χ3v) is 3.22. The third kappa shape index (κ3) is 4.11. The highest BCUT2D eigenvalue weighted by atomic mass is 19.1. The van der Waals surface area contributed by atoms with Crippen molar-refractivity contribution in [3.8, 4) is 0 Å². The van der Waals surface area contributed by atoms with Crippen LogP contribution in [-0.2, 0) is 14.3 Å². The van der Waals surface area contributed by atoms with E-state index >= 15 is 0 Å². The lowest BCUT2D eigenvalue weighted by molar-refractivity contribution is -0.492. The molecule has 21 heavy (non-hydrogen) atoms. The van der Waals surface area contributed by atoms with Crippen LogP contribution in [0.1, 0.15) is 13.3 Å². The van der Waals surface area contributed by atoms with Crippen molar-refractivity contribution in [1.82, 2.24) is 0 Å². The van der Waals surface area contributed by atoms with E-state index in [-0.39, 0.29) is 13.0 Å². The summed E-state index contributed by atoms with van der Waals surface area (Å²) < 4.78 is 19.5. The van der Waals surface area contributed by atoms with Crippen molar-refractivity contribution in [3.63, 3.8) is 0 Å². The first-order chi connectivity index (χ1) is 9.81. The molecule has 7 nitrogen and oxygen atoms in total. The van der Waals surface area contributed by atoms with E-state index in [4.69, 9.17) is 5.11 Å². The predicted molar refractivity (Wildman–Crippen MR) is 69.8 cm³/mol. The molecule has 3 atom stereocenters. The van der Waals surface area contributed by atoms with Crippen LogP contribution in [0.3, 0.4) is 0 Å². The number of carboxylic acid groups (broad SMARTS) is 1. The number of carboxylic acids is 1. The fraction of sp³-hybridized carbons (Fsp3) is 0.538. The summed E-state index contributed by atoms with van der Waals surface area (Å²) in [5.41, 5.74) is -2.28.